The van der Waals surface area contributed by atoms with Crippen LogP contribution in [0.3, 0.4) is 0 Å². The van der Waals surface area contributed by atoms with Crippen molar-refractivity contribution in [3.8, 4) is 0 Å². The smallest absolute Gasteiger partial charge is 0.317 e. The Balaban J connectivity index is 3.47. The highest BCUT2D eigenvalue weighted by molar-refractivity contribution is 5.73. The molecular weight excluding hydrogens is 222 g/mol. The summed E-state index contributed by atoms with van der Waals surface area (Å²) in [4.78, 5) is 23.4. The summed E-state index contributed by atoms with van der Waals surface area (Å²) in [5, 5.41) is 14.2. The van der Waals surface area contributed by atoms with Crippen LogP contribution >= 0.6 is 0 Å². The van der Waals surface area contributed by atoms with Gasteiger partial charge in [0.15, 0.2) is 0 Å². The maximum Gasteiger partial charge on any atom is 0.317 e. The highest BCUT2D eigenvalue weighted by atomic mass is 16.4. The first kappa shape index (κ1) is 15.7. The number of aliphatic carboxylic acids is 1. The number of nitrogens with one attached hydrogen (secondary N) is 2. The van der Waals surface area contributed by atoms with E-state index in [0.717, 1.165) is 13.0 Å². The van der Waals surface area contributed by atoms with E-state index in [2.05, 4.69) is 10.6 Å². The summed E-state index contributed by atoms with van der Waals surface area (Å²) in [5.74, 6) is -0.791. The fourth-order valence-corrected chi connectivity index (χ4v) is 1.33. The van der Waals surface area contributed by atoms with Crippen LogP contribution in [0.4, 0.5) is 4.79 Å². The Hall–Kier alpha value is -1.30. The molecule has 0 aromatic rings. The lowest BCUT2D eigenvalue weighted by Gasteiger charge is -2.17. The quantitative estimate of drug-likeness (QED) is 0.516. The predicted octanol–water partition coefficient (Wildman–Crippen LogP) is 0.492. The summed E-state index contributed by atoms with van der Waals surface area (Å²) < 4.78 is 0. The monoisotopic (exact) mass is 245 g/mol. The van der Waals surface area contributed by atoms with Crippen molar-refractivity contribution in [3.05, 3.63) is 0 Å². The minimum atomic E-state index is -0.791. The van der Waals surface area contributed by atoms with Gasteiger partial charge in [0.2, 0.25) is 0 Å². The number of urea groups is 1. The van der Waals surface area contributed by atoms with Crippen LogP contribution in [-0.2, 0) is 4.79 Å². The molecule has 0 rings (SSSR count). The third-order valence-electron chi connectivity index (χ3n) is 2.36. The van der Waals surface area contributed by atoms with Crippen LogP contribution in [0, 0.1) is 0 Å². The summed E-state index contributed by atoms with van der Waals surface area (Å²) in [5.41, 5.74) is 0. The van der Waals surface area contributed by atoms with Gasteiger partial charge in [-0.15, -0.1) is 0 Å². The Kier molecular flexibility index (Phi) is 9.14. The van der Waals surface area contributed by atoms with Crippen LogP contribution in [0.2, 0.25) is 0 Å². The Morgan fingerprint density at radius 1 is 1.18 bits per heavy atom. The molecular formula is C11H23N3O3. The maximum absolute atomic E-state index is 11.5. The molecule has 0 unspecified atom stereocenters. The number of carboxylic acids is 1. The first-order valence-electron chi connectivity index (χ1n) is 5.93. The van der Waals surface area contributed by atoms with Gasteiger partial charge >= 0.3 is 12.0 Å². The van der Waals surface area contributed by atoms with E-state index in [1.807, 2.05) is 7.05 Å². The predicted molar refractivity (Wildman–Crippen MR) is 66.1 cm³/mol. The maximum atomic E-state index is 11.5. The molecule has 0 bridgehead atoms. The zero-order chi connectivity index (χ0) is 13.1. The molecule has 2 amide bonds. The van der Waals surface area contributed by atoms with E-state index >= 15 is 0 Å². The molecule has 0 aliphatic carbocycles. The normalized spacial score (nSPS) is 10.0. The van der Waals surface area contributed by atoms with Gasteiger partial charge in [0.05, 0.1) is 0 Å². The number of carbonyl (C=O) groups excluding carboxylic acids is 1. The molecule has 0 saturated carbocycles. The molecule has 0 aromatic heterocycles. The van der Waals surface area contributed by atoms with Gasteiger partial charge in [0.25, 0.3) is 0 Å². The number of carbonyl (C=O) groups is 2. The van der Waals surface area contributed by atoms with E-state index in [9.17, 15) is 9.59 Å². The Morgan fingerprint density at radius 3 is 2.47 bits per heavy atom. The zero-order valence-corrected chi connectivity index (χ0v) is 10.7. The molecule has 0 heterocycles. The highest BCUT2D eigenvalue weighted by Crippen LogP contribution is 1.94. The molecule has 0 aromatic carbocycles. The van der Waals surface area contributed by atoms with Crippen molar-refractivity contribution in [2.45, 2.75) is 25.7 Å². The average Bonchev–Trinajstić information content (AvgIpc) is 2.28. The molecule has 0 atom stereocenters. The van der Waals surface area contributed by atoms with Crippen LogP contribution in [0.1, 0.15) is 25.7 Å². The minimum Gasteiger partial charge on any atom is -0.481 e. The largest absolute Gasteiger partial charge is 0.481 e. The van der Waals surface area contributed by atoms with E-state index in [4.69, 9.17) is 5.11 Å². The number of carboxylic acid groups (broad SMARTS) is 1. The van der Waals surface area contributed by atoms with E-state index < -0.39 is 5.97 Å². The van der Waals surface area contributed by atoms with Crippen molar-refractivity contribution >= 4 is 12.0 Å². The molecule has 0 aliphatic heterocycles. The van der Waals surface area contributed by atoms with E-state index in [1.165, 1.54) is 0 Å². The van der Waals surface area contributed by atoms with Gasteiger partial charge in [0, 0.05) is 26.6 Å². The molecule has 17 heavy (non-hydrogen) atoms. The zero-order valence-electron chi connectivity index (χ0n) is 10.7. The minimum absolute atomic E-state index is 0.101. The topological polar surface area (TPSA) is 81.7 Å². The first-order valence-corrected chi connectivity index (χ1v) is 5.93. The number of nitrogens with zero attached hydrogens (tertiary/aromatic N) is 1. The first-order chi connectivity index (χ1) is 8.07. The Labute approximate surface area is 102 Å². The van der Waals surface area contributed by atoms with Crippen LogP contribution in [0.5, 0.6) is 0 Å². The van der Waals surface area contributed by atoms with E-state index in [-0.39, 0.29) is 12.5 Å². The van der Waals surface area contributed by atoms with Gasteiger partial charge in [-0.25, -0.2) is 4.79 Å². The molecule has 3 N–H and O–H groups in total. The molecule has 0 spiro atoms. The van der Waals surface area contributed by atoms with Gasteiger partial charge in [0.1, 0.15) is 0 Å². The lowest BCUT2D eigenvalue weighted by molar-refractivity contribution is -0.137. The molecule has 6 nitrogen and oxygen atoms in total. The highest BCUT2D eigenvalue weighted by Gasteiger charge is 2.06. The fourth-order valence-electron chi connectivity index (χ4n) is 1.33. The van der Waals surface area contributed by atoms with Gasteiger partial charge in [-0.05, 0) is 32.9 Å². The van der Waals surface area contributed by atoms with Gasteiger partial charge < -0.3 is 20.6 Å². The van der Waals surface area contributed by atoms with Crippen LogP contribution in [0.25, 0.3) is 0 Å². The summed E-state index contributed by atoms with van der Waals surface area (Å²) in [6.45, 7) is 2.13. The molecule has 0 saturated heterocycles. The number of rotatable bonds is 9. The molecule has 6 heteroatoms. The van der Waals surface area contributed by atoms with Gasteiger partial charge in [-0.2, -0.15) is 0 Å². The van der Waals surface area contributed by atoms with Crippen molar-refractivity contribution < 1.29 is 14.7 Å². The van der Waals surface area contributed by atoms with Crippen LogP contribution in [0.15, 0.2) is 0 Å². The number of amides is 2. The number of unbranched alkanes of at least 4 members (excludes halogenated alkanes) is 1. The molecule has 100 valence electrons. The van der Waals surface area contributed by atoms with Crippen LogP contribution < -0.4 is 10.6 Å². The van der Waals surface area contributed by atoms with Gasteiger partial charge in [-0.1, -0.05) is 0 Å². The van der Waals surface area contributed by atoms with Crippen molar-refractivity contribution in [1.82, 2.24) is 15.5 Å². The second-order valence-corrected chi connectivity index (χ2v) is 3.96. The third kappa shape index (κ3) is 9.62. The molecule has 0 fully saturated rings. The van der Waals surface area contributed by atoms with Gasteiger partial charge in [-0.3, -0.25) is 4.79 Å². The Bertz CT molecular complexity index is 234. The third-order valence-corrected chi connectivity index (χ3v) is 2.36. The summed E-state index contributed by atoms with van der Waals surface area (Å²) in [7, 11) is 3.63. The summed E-state index contributed by atoms with van der Waals surface area (Å²) in [6, 6.07) is -0.101. The average molecular weight is 245 g/mol. The van der Waals surface area contributed by atoms with E-state index in [0.29, 0.717) is 25.9 Å². The molecule has 0 radical (unpaired) electrons. The number of hydrogen-bond acceptors (Lipinski definition) is 3. The fraction of sp³-hybridized carbons (Fsp3) is 0.818. The van der Waals surface area contributed by atoms with Crippen molar-refractivity contribution in [2.24, 2.45) is 0 Å². The second kappa shape index (κ2) is 9.89. The number of hydrogen-bond donors (Lipinski definition) is 3. The summed E-state index contributed by atoms with van der Waals surface area (Å²) >= 11 is 0. The van der Waals surface area contributed by atoms with Crippen molar-refractivity contribution in [2.75, 3.05) is 33.7 Å². The summed E-state index contributed by atoms with van der Waals surface area (Å²) in [6.07, 6.45) is 2.37. The Morgan fingerprint density at radius 2 is 1.88 bits per heavy atom. The lowest BCUT2D eigenvalue weighted by atomic mass is 10.2. The van der Waals surface area contributed by atoms with Crippen molar-refractivity contribution in [1.29, 1.82) is 0 Å². The standard InChI is InChI=1S/C11H23N3O3/c1-12-7-5-9-14(2)11(17)13-8-4-3-6-10(15)16/h12H,3-9H2,1-2H3,(H,13,17)(H,15,16). The van der Waals surface area contributed by atoms with E-state index in [1.54, 1.807) is 11.9 Å². The van der Waals surface area contributed by atoms with Crippen molar-refractivity contribution in [3.63, 3.8) is 0 Å². The SMILES string of the molecule is CNCCCN(C)C(=O)NCCCCC(=O)O. The van der Waals surface area contributed by atoms with Crippen LogP contribution in [-0.4, -0.2) is 55.7 Å². The molecule has 0 aliphatic rings. The second-order valence-electron chi connectivity index (χ2n) is 3.96. The lowest BCUT2D eigenvalue weighted by Crippen LogP contribution is -2.38.